The Labute approximate surface area is 165 Å². The highest BCUT2D eigenvalue weighted by Crippen LogP contribution is 2.38. The zero-order valence-corrected chi connectivity index (χ0v) is 16.0. The van der Waals surface area contributed by atoms with Crippen LogP contribution in [-0.2, 0) is 6.18 Å². The summed E-state index contributed by atoms with van der Waals surface area (Å²) in [5, 5.41) is 22.1. The molecule has 1 aromatic carbocycles. The van der Waals surface area contributed by atoms with Gasteiger partial charge in [-0.3, -0.25) is 4.40 Å². The Bertz CT molecular complexity index is 1030. The van der Waals surface area contributed by atoms with Gasteiger partial charge in [0, 0.05) is 25.0 Å². The van der Waals surface area contributed by atoms with Crippen molar-refractivity contribution in [3.8, 4) is 17.1 Å². The Morgan fingerprint density at radius 2 is 2.03 bits per heavy atom. The van der Waals surface area contributed by atoms with E-state index in [0.717, 1.165) is 32.0 Å². The first-order chi connectivity index (χ1) is 13.7. The van der Waals surface area contributed by atoms with Gasteiger partial charge in [-0.15, -0.1) is 10.2 Å². The normalized spacial score (nSPS) is 18.3. The van der Waals surface area contributed by atoms with Crippen LogP contribution in [0.1, 0.15) is 24.0 Å². The lowest BCUT2D eigenvalue weighted by atomic mass is 10.0. The molecule has 0 aliphatic carbocycles. The summed E-state index contributed by atoms with van der Waals surface area (Å²) in [5.41, 5.74) is 0.0291. The van der Waals surface area contributed by atoms with Gasteiger partial charge in [-0.1, -0.05) is 0 Å². The van der Waals surface area contributed by atoms with Crippen molar-refractivity contribution in [1.82, 2.24) is 24.5 Å². The molecule has 10 heteroatoms. The number of halogens is 3. The van der Waals surface area contributed by atoms with Crippen LogP contribution >= 0.6 is 0 Å². The van der Waals surface area contributed by atoms with Crippen molar-refractivity contribution in [2.24, 2.45) is 0 Å². The van der Waals surface area contributed by atoms with Crippen molar-refractivity contribution in [2.75, 3.05) is 25.5 Å². The largest absolute Gasteiger partial charge is 0.507 e. The average molecular weight is 406 g/mol. The Kier molecular flexibility index (Phi) is 4.81. The van der Waals surface area contributed by atoms with E-state index >= 15 is 0 Å². The summed E-state index contributed by atoms with van der Waals surface area (Å²) in [4.78, 5) is 6.56. The number of hydrogen-bond acceptors (Lipinski definition) is 6. The topological polar surface area (TPSA) is 78.6 Å². The highest BCUT2D eigenvalue weighted by Gasteiger charge is 2.32. The standard InChI is InChI=1S/C19H21F3N6O/c1-11-8-12(19(20,21)22)9-14(29)15(11)17-26-25-16(18-23-5-7-28(17)18)24-13-4-3-6-27(2)10-13/h5,7-9,13,29H,3-4,6,10H2,1-2H3,(H,24,25)/t13-/m1/s1. The van der Waals surface area contributed by atoms with Crippen LogP contribution in [-0.4, -0.2) is 55.8 Å². The van der Waals surface area contributed by atoms with Gasteiger partial charge >= 0.3 is 6.18 Å². The molecule has 0 spiro atoms. The summed E-state index contributed by atoms with van der Waals surface area (Å²) >= 11 is 0. The maximum absolute atomic E-state index is 13.0. The molecule has 1 aliphatic rings. The second-order valence-electron chi connectivity index (χ2n) is 7.42. The van der Waals surface area contributed by atoms with Crippen LogP contribution in [0.25, 0.3) is 17.0 Å². The van der Waals surface area contributed by atoms with Gasteiger partial charge in [0.25, 0.3) is 0 Å². The van der Waals surface area contributed by atoms with Crippen molar-refractivity contribution < 1.29 is 18.3 Å². The van der Waals surface area contributed by atoms with Gasteiger partial charge in [0.1, 0.15) is 5.75 Å². The Hall–Kier alpha value is -2.88. The number of fused-ring (bicyclic) bond motifs is 1. The highest BCUT2D eigenvalue weighted by molar-refractivity contribution is 5.73. The van der Waals surface area contributed by atoms with Crippen LogP contribution in [0, 0.1) is 6.92 Å². The maximum Gasteiger partial charge on any atom is 0.416 e. The zero-order chi connectivity index (χ0) is 20.8. The molecule has 0 unspecified atom stereocenters. The Morgan fingerprint density at radius 3 is 2.72 bits per heavy atom. The van der Waals surface area contributed by atoms with Crippen LogP contribution in [0.5, 0.6) is 5.75 Å². The molecule has 0 saturated carbocycles. The van der Waals surface area contributed by atoms with E-state index in [1.807, 2.05) is 0 Å². The first kappa shape index (κ1) is 19.4. The molecule has 7 nitrogen and oxygen atoms in total. The van der Waals surface area contributed by atoms with Crippen molar-refractivity contribution in [3.63, 3.8) is 0 Å². The number of nitrogens with zero attached hydrogens (tertiary/aromatic N) is 5. The van der Waals surface area contributed by atoms with Gasteiger partial charge in [-0.2, -0.15) is 13.2 Å². The fourth-order valence-corrected chi connectivity index (χ4v) is 3.80. The lowest BCUT2D eigenvalue weighted by molar-refractivity contribution is -0.137. The van der Waals surface area contributed by atoms with Crippen molar-refractivity contribution in [3.05, 3.63) is 35.7 Å². The Morgan fingerprint density at radius 1 is 1.24 bits per heavy atom. The van der Waals surface area contributed by atoms with Gasteiger partial charge in [-0.05, 0) is 51.1 Å². The third-order valence-electron chi connectivity index (χ3n) is 5.16. The highest BCUT2D eigenvalue weighted by atomic mass is 19.4. The lowest BCUT2D eigenvalue weighted by Crippen LogP contribution is -2.40. The smallest absolute Gasteiger partial charge is 0.416 e. The zero-order valence-electron chi connectivity index (χ0n) is 16.0. The van der Waals surface area contributed by atoms with Gasteiger partial charge in [0.2, 0.25) is 0 Å². The molecule has 0 bridgehead atoms. The van der Waals surface area contributed by atoms with Crippen molar-refractivity contribution in [2.45, 2.75) is 32.0 Å². The number of phenolic OH excluding ortho intramolecular Hbond substituents is 1. The summed E-state index contributed by atoms with van der Waals surface area (Å²) in [5.74, 6) is 0.229. The number of aromatic nitrogens is 4. The fourth-order valence-electron chi connectivity index (χ4n) is 3.80. The molecule has 1 atom stereocenters. The molecule has 0 radical (unpaired) electrons. The van der Waals surface area contributed by atoms with E-state index in [1.54, 1.807) is 16.8 Å². The van der Waals surface area contributed by atoms with Crippen LogP contribution in [0.2, 0.25) is 0 Å². The quantitative estimate of drug-likeness (QED) is 0.695. The number of piperidine rings is 1. The maximum atomic E-state index is 13.0. The minimum atomic E-state index is -4.54. The molecule has 3 heterocycles. The summed E-state index contributed by atoms with van der Waals surface area (Å²) < 4.78 is 40.7. The monoisotopic (exact) mass is 406 g/mol. The number of hydrogen-bond donors (Lipinski definition) is 2. The molecular weight excluding hydrogens is 385 g/mol. The molecule has 2 aromatic heterocycles. The minimum Gasteiger partial charge on any atom is -0.507 e. The average Bonchev–Trinajstić information content (AvgIpc) is 3.12. The van der Waals surface area contributed by atoms with E-state index in [-0.39, 0.29) is 23.0 Å². The Balaban J connectivity index is 1.74. The van der Waals surface area contributed by atoms with Gasteiger partial charge in [0.15, 0.2) is 17.3 Å². The van der Waals surface area contributed by atoms with Gasteiger partial charge < -0.3 is 15.3 Å². The van der Waals surface area contributed by atoms with E-state index in [0.29, 0.717) is 17.5 Å². The molecule has 1 saturated heterocycles. The number of aryl methyl sites for hydroxylation is 1. The van der Waals surface area contributed by atoms with Gasteiger partial charge in [-0.25, -0.2) is 4.98 Å². The fraction of sp³-hybridized carbons (Fsp3) is 0.421. The van der Waals surface area contributed by atoms with Gasteiger partial charge in [0.05, 0.1) is 11.1 Å². The molecule has 3 aromatic rings. The molecule has 1 aliphatic heterocycles. The van der Waals surface area contributed by atoms with Crippen LogP contribution in [0.4, 0.5) is 19.0 Å². The molecule has 29 heavy (non-hydrogen) atoms. The molecule has 1 fully saturated rings. The number of alkyl halides is 3. The van der Waals surface area contributed by atoms with E-state index in [2.05, 4.69) is 32.4 Å². The van der Waals surface area contributed by atoms with Crippen molar-refractivity contribution >= 4 is 11.5 Å². The molecular formula is C19H21F3N6O. The first-order valence-electron chi connectivity index (χ1n) is 9.30. The molecule has 0 amide bonds. The summed E-state index contributed by atoms with van der Waals surface area (Å²) in [6.07, 6.45) is 0.741. The summed E-state index contributed by atoms with van der Waals surface area (Å²) in [6, 6.07) is 1.90. The number of anilines is 1. The number of benzene rings is 1. The first-order valence-corrected chi connectivity index (χ1v) is 9.30. The third-order valence-corrected chi connectivity index (χ3v) is 5.16. The van der Waals surface area contributed by atoms with E-state index in [1.165, 1.54) is 6.92 Å². The number of nitrogens with one attached hydrogen (secondary N) is 1. The van der Waals surface area contributed by atoms with E-state index < -0.39 is 17.5 Å². The minimum absolute atomic E-state index is 0.192. The molecule has 4 rings (SSSR count). The van der Waals surface area contributed by atoms with Crippen LogP contribution in [0.15, 0.2) is 24.5 Å². The number of likely N-dealkylation sites (N-methyl/N-ethyl adjacent to an activating group) is 1. The van der Waals surface area contributed by atoms with Crippen LogP contribution < -0.4 is 5.32 Å². The van der Waals surface area contributed by atoms with Crippen molar-refractivity contribution in [1.29, 1.82) is 0 Å². The number of aromatic hydroxyl groups is 1. The second kappa shape index (κ2) is 7.18. The SMILES string of the molecule is Cc1cc(C(F)(F)F)cc(O)c1-c1nnc(N[C@@H]2CCCN(C)C2)c2nccn12. The lowest BCUT2D eigenvalue weighted by Gasteiger charge is -2.30. The number of rotatable bonds is 3. The second-order valence-corrected chi connectivity index (χ2v) is 7.42. The molecule has 2 N–H and O–H groups in total. The number of likely N-dealkylation sites (tertiary alicyclic amines) is 1. The number of phenols is 1. The predicted octanol–water partition coefficient (Wildman–Crippen LogP) is 3.33. The predicted molar refractivity (Wildman–Crippen MR) is 102 cm³/mol. The van der Waals surface area contributed by atoms with Crippen LogP contribution in [0.3, 0.4) is 0 Å². The van der Waals surface area contributed by atoms with E-state index in [4.69, 9.17) is 0 Å². The number of imidazole rings is 1. The molecule has 154 valence electrons. The van der Waals surface area contributed by atoms with E-state index in [9.17, 15) is 18.3 Å². The summed E-state index contributed by atoms with van der Waals surface area (Å²) in [7, 11) is 2.06. The third kappa shape index (κ3) is 3.71. The summed E-state index contributed by atoms with van der Waals surface area (Å²) in [6.45, 7) is 3.42.